The second-order valence-electron chi connectivity index (χ2n) is 4.01. The average molecular weight is 315 g/mol. The zero-order valence-corrected chi connectivity index (χ0v) is 12.7. The highest BCUT2D eigenvalue weighted by molar-refractivity contribution is 7.93. The summed E-state index contributed by atoms with van der Waals surface area (Å²) in [6, 6.07) is 1.52. The minimum atomic E-state index is -3.88. The molecule has 0 saturated heterocycles. The third-order valence-electron chi connectivity index (χ3n) is 2.62. The summed E-state index contributed by atoms with van der Waals surface area (Å²) in [5, 5.41) is 5.48. The summed E-state index contributed by atoms with van der Waals surface area (Å²) in [5.41, 5.74) is 0.491. The molecule has 0 bridgehead atoms. The van der Waals surface area contributed by atoms with Crippen molar-refractivity contribution >= 4 is 33.1 Å². The van der Waals surface area contributed by atoms with E-state index in [2.05, 4.69) is 14.6 Å². The molecule has 0 fully saturated rings. The van der Waals surface area contributed by atoms with Crippen molar-refractivity contribution < 1.29 is 17.9 Å². The number of hydrogen-bond donors (Lipinski definition) is 1. The molecule has 0 aliphatic rings. The average Bonchev–Trinajstić information content (AvgIpc) is 2.95. The van der Waals surface area contributed by atoms with Crippen LogP contribution in [-0.4, -0.2) is 31.3 Å². The van der Waals surface area contributed by atoms with Crippen molar-refractivity contribution in [1.82, 2.24) is 9.78 Å². The number of aromatic nitrogens is 2. The van der Waals surface area contributed by atoms with Gasteiger partial charge >= 0.3 is 5.97 Å². The fourth-order valence-electron chi connectivity index (χ4n) is 1.66. The highest BCUT2D eigenvalue weighted by Crippen LogP contribution is 2.29. The summed E-state index contributed by atoms with van der Waals surface area (Å²) in [5.74, 6) is -0.361. The van der Waals surface area contributed by atoms with Crippen molar-refractivity contribution in [2.45, 2.75) is 11.8 Å². The monoisotopic (exact) mass is 315 g/mol. The van der Waals surface area contributed by atoms with Crippen molar-refractivity contribution in [3.8, 4) is 0 Å². The number of hydrogen-bond acceptors (Lipinski definition) is 6. The standard InChI is InChI=1S/C11H13N3O4S2/c1-7-6-19-9(11(15)18-3)10(7)20(16,17)13-8-4-5-12-14(8)2/h4-6,13H,1-3H3. The Balaban J connectivity index is 2.47. The summed E-state index contributed by atoms with van der Waals surface area (Å²) in [6.07, 6.45) is 1.47. The van der Waals surface area contributed by atoms with Gasteiger partial charge in [-0.2, -0.15) is 5.10 Å². The van der Waals surface area contributed by atoms with Gasteiger partial charge in [0.25, 0.3) is 10.0 Å². The van der Waals surface area contributed by atoms with Crippen LogP contribution in [0.25, 0.3) is 0 Å². The number of nitrogens with zero attached hydrogens (tertiary/aromatic N) is 2. The quantitative estimate of drug-likeness (QED) is 0.861. The van der Waals surface area contributed by atoms with Crippen molar-refractivity contribution in [1.29, 1.82) is 0 Å². The molecular weight excluding hydrogens is 302 g/mol. The molecule has 0 radical (unpaired) electrons. The fraction of sp³-hybridized carbons (Fsp3) is 0.273. The van der Waals surface area contributed by atoms with Gasteiger partial charge in [-0.05, 0) is 17.9 Å². The van der Waals surface area contributed by atoms with E-state index in [0.717, 1.165) is 11.3 Å². The molecule has 2 heterocycles. The first-order chi connectivity index (χ1) is 9.36. The maximum atomic E-state index is 12.4. The summed E-state index contributed by atoms with van der Waals surface area (Å²) in [6.45, 7) is 1.63. The molecule has 0 aromatic carbocycles. The van der Waals surface area contributed by atoms with Crippen LogP contribution in [0.4, 0.5) is 5.82 Å². The van der Waals surface area contributed by atoms with Gasteiger partial charge in [-0.3, -0.25) is 9.40 Å². The maximum absolute atomic E-state index is 12.4. The zero-order valence-electron chi connectivity index (χ0n) is 11.1. The van der Waals surface area contributed by atoms with Crippen LogP contribution in [0.3, 0.4) is 0 Å². The second kappa shape index (κ2) is 5.25. The smallest absolute Gasteiger partial charge is 0.349 e. The van der Waals surface area contributed by atoms with Gasteiger partial charge < -0.3 is 4.74 Å². The lowest BCUT2D eigenvalue weighted by molar-refractivity contribution is 0.0602. The van der Waals surface area contributed by atoms with Crippen LogP contribution in [0.5, 0.6) is 0 Å². The van der Waals surface area contributed by atoms with Crippen LogP contribution >= 0.6 is 11.3 Å². The van der Waals surface area contributed by atoms with Crippen LogP contribution in [-0.2, 0) is 21.8 Å². The minimum Gasteiger partial charge on any atom is -0.465 e. The van der Waals surface area contributed by atoms with Crippen LogP contribution in [0, 0.1) is 6.92 Å². The third-order valence-corrected chi connectivity index (χ3v) is 5.37. The molecule has 2 rings (SSSR count). The molecule has 0 atom stereocenters. The van der Waals surface area contributed by atoms with Gasteiger partial charge in [0.15, 0.2) is 0 Å². The van der Waals surface area contributed by atoms with Crippen molar-refractivity contribution in [2.24, 2.45) is 7.05 Å². The number of esters is 1. The van der Waals surface area contributed by atoms with Crippen LogP contribution in [0.15, 0.2) is 22.5 Å². The fourth-order valence-corrected chi connectivity index (χ4v) is 4.46. The van der Waals surface area contributed by atoms with E-state index in [1.807, 2.05) is 0 Å². The number of anilines is 1. The van der Waals surface area contributed by atoms with E-state index < -0.39 is 16.0 Å². The Morgan fingerprint density at radius 2 is 2.20 bits per heavy atom. The largest absolute Gasteiger partial charge is 0.465 e. The second-order valence-corrected chi connectivity index (χ2v) is 6.51. The Morgan fingerprint density at radius 3 is 2.75 bits per heavy atom. The molecule has 0 aliphatic carbocycles. The molecule has 0 saturated carbocycles. The van der Waals surface area contributed by atoms with Gasteiger partial charge in [0.1, 0.15) is 15.6 Å². The van der Waals surface area contributed by atoms with Crippen molar-refractivity contribution in [3.05, 3.63) is 28.1 Å². The number of thiophene rings is 1. The Hall–Kier alpha value is -1.87. The molecule has 1 N–H and O–H groups in total. The van der Waals surface area contributed by atoms with Gasteiger partial charge in [0, 0.05) is 13.1 Å². The van der Waals surface area contributed by atoms with Crippen molar-refractivity contribution in [2.75, 3.05) is 11.8 Å². The number of methoxy groups -OCH3 is 1. The summed E-state index contributed by atoms with van der Waals surface area (Å²) in [7, 11) is -1.06. The normalized spacial score (nSPS) is 11.3. The van der Waals surface area contributed by atoms with E-state index in [-0.39, 0.29) is 9.77 Å². The zero-order chi connectivity index (χ0) is 14.9. The molecule has 2 aromatic rings. The molecule has 0 spiro atoms. The molecule has 20 heavy (non-hydrogen) atoms. The summed E-state index contributed by atoms with van der Waals surface area (Å²) in [4.78, 5) is 11.6. The van der Waals surface area contributed by atoms with Gasteiger partial charge in [-0.25, -0.2) is 13.2 Å². The van der Waals surface area contributed by atoms with Gasteiger partial charge in [-0.1, -0.05) is 0 Å². The molecule has 0 aliphatic heterocycles. The lowest BCUT2D eigenvalue weighted by Crippen LogP contribution is -2.18. The van der Waals surface area contributed by atoms with E-state index in [0.29, 0.717) is 11.4 Å². The molecule has 0 unspecified atom stereocenters. The van der Waals surface area contributed by atoms with Crippen LogP contribution in [0.1, 0.15) is 15.2 Å². The maximum Gasteiger partial charge on any atom is 0.349 e. The Morgan fingerprint density at radius 1 is 1.50 bits per heavy atom. The Kier molecular flexibility index (Phi) is 3.82. The predicted molar refractivity (Wildman–Crippen MR) is 74.4 cm³/mol. The molecule has 108 valence electrons. The van der Waals surface area contributed by atoms with Crippen molar-refractivity contribution in [3.63, 3.8) is 0 Å². The summed E-state index contributed by atoms with van der Waals surface area (Å²) < 4.78 is 33.2. The number of ether oxygens (including phenoxy) is 1. The van der Waals surface area contributed by atoms with Crippen LogP contribution < -0.4 is 4.72 Å². The lowest BCUT2D eigenvalue weighted by Gasteiger charge is -2.09. The minimum absolute atomic E-state index is 0.0552. The molecular formula is C11H13N3O4S2. The van der Waals surface area contributed by atoms with E-state index in [9.17, 15) is 13.2 Å². The van der Waals surface area contributed by atoms with E-state index in [1.165, 1.54) is 24.1 Å². The summed E-state index contributed by atoms with van der Waals surface area (Å²) >= 11 is 1.04. The Bertz CT molecular complexity index is 746. The first kappa shape index (κ1) is 14.5. The molecule has 9 heteroatoms. The van der Waals surface area contributed by atoms with Gasteiger partial charge in [0.2, 0.25) is 0 Å². The van der Waals surface area contributed by atoms with E-state index in [4.69, 9.17) is 0 Å². The highest BCUT2D eigenvalue weighted by atomic mass is 32.2. The van der Waals surface area contributed by atoms with E-state index in [1.54, 1.807) is 19.4 Å². The first-order valence-electron chi connectivity index (χ1n) is 5.54. The number of carbonyl (C=O) groups excluding carboxylic acids is 1. The van der Waals surface area contributed by atoms with E-state index >= 15 is 0 Å². The third kappa shape index (κ3) is 2.54. The highest BCUT2D eigenvalue weighted by Gasteiger charge is 2.28. The number of aryl methyl sites for hydroxylation is 2. The lowest BCUT2D eigenvalue weighted by atomic mass is 10.3. The topological polar surface area (TPSA) is 90.3 Å². The first-order valence-corrected chi connectivity index (χ1v) is 7.90. The number of carbonyl (C=O) groups is 1. The van der Waals surface area contributed by atoms with Gasteiger partial charge in [0.05, 0.1) is 13.3 Å². The predicted octanol–water partition coefficient (Wildman–Crippen LogP) is 1.38. The number of nitrogens with one attached hydrogen (secondary N) is 1. The van der Waals surface area contributed by atoms with Crippen LogP contribution in [0.2, 0.25) is 0 Å². The number of rotatable bonds is 4. The molecule has 7 nitrogen and oxygen atoms in total. The molecule has 0 amide bonds. The van der Waals surface area contributed by atoms with Gasteiger partial charge in [-0.15, -0.1) is 11.3 Å². The SMILES string of the molecule is COC(=O)c1scc(C)c1S(=O)(=O)Nc1ccnn1C. The Labute approximate surface area is 120 Å². The number of sulfonamides is 1. The molecule has 2 aromatic heterocycles.